The predicted molar refractivity (Wildman–Crippen MR) is 100 cm³/mol. The van der Waals surface area contributed by atoms with E-state index in [-0.39, 0.29) is 11.9 Å². The molecule has 1 amide bonds. The maximum atomic E-state index is 12.6. The molecule has 1 aliphatic heterocycles. The third-order valence-corrected chi connectivity index (χ3v) is 4.87. The molecule has 4 rings (SSSR count). The lowest BCUT2D eigenvalue weighted by atomic mass is 10.0. The van der Waals surface area contributed by atoms with Gasteiger partial charge in [0.2, 0.25) is 0 Å². The van der Waals surface area contributed by atoms with E-state index in [9.17, 15) is 4.79 Å². The van der Waals surface area contributed by atoms with Crippen molar-refractivity contribution in [2.45, 2.75) is 13.0 Å². The number of ether oxygens (including phenoxy) is 1. The van der Waals surface area contributed by atoms with Crippen LogP contribution in [-0.2, 0) is 0 Å². The number of carbonyl (C=O) groups excluding carboxylic acids is 1. The van der Waals surface area contributed by atoms with Crippen LogP contribution in [0.2, 0.25) is 0 Å². The summed E-state index contributed by atoms with van der Waals surface area (Å²) in [5.41, 5.74) is 2.90. The Morgan fingerprint density at radius 3 is 2.42 bits per heavy atom. The van der Waals surface area contributed by atoms with Gasteiger partial charge in [-0.2, -0.15) is 0 Å². The van der Waals surface area contributed by atoms with E-state index < -0.39 is 0 Å². The molecule has 1 saturated heterocycles. The van der Waals surface area contributed by atoms with Crippen molar-refractivity contribution in [3.63, 3.8) is 0 Å². The number of hydrogen-bond acceptors (Lipinski definition) is 3. The molecule has 0 bridgehead atoms. The number of aryl methyl sites for hydroxylation is 1. The summed E-state index contributed by atoms with van der Waals surface area (Å²) in [6.45, 7) is 3.46. The van der Waals surface area contributed by atoms with Crippen molar-refractivity contribution in [1.82, 2.24) is 14.5 Å². The summed E-state index contributed by atoms with van der Waals surface area (Å²) < 4.78 is 7.39. The van der Waals surface area contributed by atoms with Crippen LogP contribution in [0, 0.1) is 6.92 Å². The average Bonchev–Trinajstić information content (AvgIpc) is 3.03. The van der Waals surface area contributed by atoms with Crippen molar-refractivity contribution in [3.05, 3.63) is 72.1 Å². The van der Waals surface area contributed by atoms with Gasteiger partial charge < -0.3 is 14.2 Å². The van der Waals surface area contributed by atoms with Gasteiger partial charge in [0.15, 0.2) is 0 Å². The molecule has 5 heteroatoms. The Kier molecular flexibility index (Phi) is 4.21. The van der Waals surface area contributed by atoms with Gasteiger partial charge in [0.25, 0.3) is 5.91 Å². The van der Waals surface area contributed by atoms with Gasteiger partial charge in [-0.1, -0.05) is 30.3 Å². The molecule has 0 aliphatic carbocycles. The minimum atomic E-state index is 0.0583. The van der Waals surface area contributed by atoms with Gasteiger partial charge in [-0.25, -0.2) is 4.98 Å². The van der Waals surface area contributed by atoms with Gasteiger partial charge in [0.1, 0.15) is 11.6 Å². The molecule has 0 unspecified atom stereocenters. The van der Waals surface area contributed by atoms with Crippen LogP contribution >= 0.6 is 0 Å². The molecule has 0 saturated carbocycles. The van der Waals surface area contributed by atoms with Gasteiger partial charge in [-0.05, 0) is 31.2 Å². The normalized spacial score (nSPS) is 14.2. The zero-order chi connectivity index (χ0) is 18.1. The van der Waals surface area contributed by atoms with Crippen molar-refractivity contribution in [2.75, 3.05) is 20.2 Å². The van der Waals surface area contributed by atoms with Gasteiger partial charge in [0.05, 0.1) is 13.2 Å². The molecule has 0 N–H and O–H groups in total. The maximum absolute atomic E-state index is 12.6. The molecule has 0 atom stereocenters. The number of nitrogens with zero attached hydrogens (tertiary/aromatic N) is 3. The first-order chi connectivity index (χ1) is 12.7. The van der Waals surface area contributed by atoms with Crippen molar-refractivity contribution in [2.24, 2.45) is 0 Å². The average molecular weight is 347 g/mol. The van der Waals surface area contributed by atoms with Gasteiger partial charge in [-0.15, -0.1) is 0 Å². The van der Waals surface area contributed by atoms with E-state index in [4.69, 9.17) is 4.74 Å². The molecule has 3 aromatic rings. The van der Waals surface area contributed by atoms with E-state index in [1.807, 2.05) is 53.6 Å². The maximum Gasteiger partial charge on any atom is 0.254 e. The Labute approximate surface area is 152 Å². The molecule has 0 radical (unpaired) electrons. The fraction of sp³-hybridized carbons (Fsp3) is 0.238. The summed E-state index contributed by atoms with van der Waals surface area (Å²) in [6, 6.07) is 17.7. The monoisotopic (exact) mass is 347 g/mol. The summed E-state index contributed by atoms with van der Waals surface area (Å²) in [7, 11) is 1.62. The molecule has 0 spiro atoms. The second-order valence-electron chi connectivity index (χ2n) is 6.55. The summed E-state index contributed by atoms with van der Waals surface area (Å²) >= 11 is 0. The lowest BCUT2D eigenvalue weighted by molar-refractivity contribution is 0.0520. The SMILES string of the molecule is COc1ccc(C(=O)N2CC(n3c(C)cnc3-c3ccccc3)C2)cc1. The van der Waals surface area contributed by atoms with Gasteiger partial charge >= 0.3 is 0 Å². The van der Waals surface area contributed by atoms with Crippen molar-refractivity contribution in [1.29, 1.82) is 0 Å². The van der Waals surface area contributed by atoms with Crippen LogP contribution in [0.3, 0.4) is 0 Å². The van der Waals surface area contributed by atoms with E-state index in [1.54, 1.807) is 7.11 Å². The molecule has 132 valence electrons. The fourth-order valence-electron chi connectivity index (χ4n) is 3.41. The minimum absolute atomic E-state index is 0.0583. The summed E-state index contributed by atoms with van der Waals surface area (Å²) in [5.74, 6) is 1.78. The van der Waals surface area contributed by atoms with Crippen LogP contribution < -0.4 is 4.74 Å². The zero-order valence-corrected chi connectivity index (χ0v) is 14.9. The lowest BCUT2D eigenvalue weighted by Gasteiger charge is -2.41. The number of hydrogen-bond donors (Lipinski definition) is 0. The van der Waals surface area contributed by atoms with E-state index >= 15 is 0 Å². The number of methoxy groups -OCH3 is 1. The van der Waals surface area contributed by atoms with Crippen LogP contribution in [0.15, 0.2) is 60.8 Å². The van der Waals surface area contributed by atoms with Gasteiger partial charge in [-0.3, -0.25) is 4.79 Å². The Morgan fingerprint density at radius 2 is 1.77 bits per heavy atom. The zero-order valence-electron chi connectivity index (χ0n) is 14.9. The van der Waals surface area contributed by atoms with Gasteiger partial charge in [0, 0.05) is 36.1 Å². The molecular weight excluding hydrogens is 326 g/mol. The Morgan fingerprint density at radius 1 is 1.08 bits per heavy atom. The quantitative estimate of drug-likeness (QED) is 0.725. The van der Waals surface area contributed by atoms with Crippen LogP contribution in [0.4, 0.5) is 0 Å². The van der Waals surface area contributed by atoms with Crippen molar-refractivity contribution < 1.29 is 9.53 Å². The largest absolute Gasteiger partial charge is 0.497 e. The number of imidazole rings is 1. The van der Waals surface area contributed by atoms with Crippen LogP contribution in [0.25, 0.3) is 11.4 Å². The first-order valence-corrected chi connectivity index (χ1v) is 8.70. The van der Waals surface area contributed by atoms with Crippen LogP contribution in [0.1, 0.15) is 22.1 Å². The third-order valence-electron chi connectivity index (χ3n) is 4.87. The molecule has 2 heterocycles. The molecular formula is C21H21N3O2. The summed E-state index contributed by atoms with van der Waals surface area (Å²) in [4.78, 5) is 19.1. The highest BCUT2D eigenvalue weighted by Gasteiger charge is 2.34. The Balaban J connectivity index is 1.50. The number of benzene rings is 2. The van der Waals surface area contributed by atoms with Crippen LogP contribution in [-0.4, -0.2) is 40.6 Å². The number of aromatic nitrogens is 2. The number of likely N-dealkylation sites (tertiary alicyclic amines) is 1. The van der Waals surface area contributed by atoms with Crippen molar-refractivity contribution in [3.8, 4) is 17.1 Å². The highest BCUT2D eigenvalue weighted by molar-refractivity contribution is 5.94. The number of rotatable bonds is 4. The standard InChI is InChI=1S/C21H21N3O2/c1-15-12-22-20(16-6-4-3-5-7-16)24(15)18-13-23(14-18)21(25)17-8-10-19(26-2)11-9-17/h3-12,18H,13-14H2,1-2H3. The second-order valence-corrected chi connectivity index (χ2v) is 6.55. The van der Waals surface area contributed by atoms with E-state index in [2.05, 4.69) is 28.6 Å². The number of amides is 1. The summed E-state index contributed by atoms with van der Waals surface area (Å²) in [5, 5.41) is 0. The predicted octanol–water partition coefficient (Wildman–Crippen LogP) is 3.56. The molecule has 5 nitrogen and oxygen atoms in total. The Hall–Kier alpha value is -3.08. The Bertz CT molecular complexity index is 910. The van der Waals surface area contributed by atoms with Crippen LogP contribution in [0.5, 0.6) is 5.75 Å². The van der Waals surface area contributed by atoms with E-state index in [1.165, 1.54) is 0 Å². The first-order valence-electron chi connectivity index (χ1n) is 8.70. The topological polar surface area (TPSA) is 47.4 Å². The minimum Gasteiger partial charge on any atom is -0.497 e. The van der Waals surface area contributed by atoms with Crippen molar-refractivity contribution >= 4 is 5.91 Å². The summed E-state index contributed by atoms with van der Waals surface area (Å²) in [6.07, 6.45) is 1.90. The second kappa shape index (κ2) is 6.67. The molecule has 26 heavy (non-hydrogen) atoms. The van der Waals surface area contributed by atoms with E-state index in [0.717, 1.165) is 22.8 Å². The third kappa shape index (κ3) is 2.86. The number of carbonyl (C=O) groups is 1. The highest BCUT2D eigenvalue weighted by Crippen LogP contribution is 2.30. The van der Waals surface area contributed by atoms with E-state index in [0.29, 0.717) is 18.7 Å². The lowest BCUT2D eigenvalue weighted by Crippen LogP contribution is -2.51. The molecule has 2 aromatic carbocycles. The highest BCUT2D eigenvalue weighted by atomic mass is 16.5. The molecule has 1 aliphatic rings. The first kappa shape index (κ1) is 16.4. The molecule has 1 aromatic heterocycles. The fourth-order valence-corrected chi connectivity index (χ4v) is 3.41. The smallest absolute Gasteiger partial charge is 0.254 e. The molecule has 1 fully saturated rings.